The molecular weight excluding hydrogens is 346 g/mol. The van der Waals surface area contributed by atoms with Gasteiger partial charge in [-0.1, -0.05) is 18.2 Å². The number of nitriles is 1. The standard InChI is InChI=1S/C19H17N5O3/c1-25-11-12-26-18-22-17(21-15-9-7-14(13-20)8-10-15)23-19(24-18)27-16-5-3-2-4-6-16/h2-10H,11-12H2,1H3,(H,21,22,23,24). The maximum absolute atomic E-state index is 8.89. The van der Waals surface area contributed by atoms with Crippen molar-refractivity contribution >= 4 is 11.6 Å². The highest BCUT2D eigenvalue weighted by atomic mass is 16.5. The number of hydrogen-bond acceptors (Lipinski definition) is 8. The van der Waals surface area contributed by atoms with Gasteiger partial charge in [0.15, 0.2) is 0 Å². The molecule has 0 spiro atoms. The Balaban J connectivity index is 1.82. The molecule has 1 heterocycles. The van der Waals surface area contributed by atoms with Crippen molar-refractivity contribution in [3.8, 4) is 23.8 Å². The highest BCUT2D eigenvalue weighted by Crippen LogP contribution is 2.22. The summed E-state index contributed by atoms with van der Waals surface area (Å²) in [4.78, 5) is 12.7. The Bertz CT molecular complexity index is 911. The predicted molar refractivity (Wildman–Crippen MR) is 98.2 cm³/mol. The molecule has 0 unspecified atom stereocenters. The number of anilines is 2. The minimum absolute atomic E-state index is 0.0970. The summed E-state index contributed by atoms with van der Waals surface area (Å²) in [5.74, 6) is 0.851. The molecule has 0 fully saturated rings. The van der Waals surface area contributed by atoms with Crippen LogP contribution in [-0.4, -0.2) is 35.3 Å². The van der Waals surface area contributed by atoms with Crippen LogP contribution in [0.2, 0.25) is 0 Å². The minimum atomic E-state index is 0.0970. The molecule has 0 aliphatic rings. The van der Waals surface area contributed by atoms with E-state index in [-0.39, 0.29) is 18.0 Å². The number of para-hydroxylation sites is 1. The highest BCUT2D eigenvalue weighted by molar-refractivity contribution is 5.55. The first-order valence-electron chi connectivity index (χ1n) is 8.15. The molecule has 1 aromatic heterocycles. The van der Waals surface area contributed by atoms with Gasteiger partial charge in [0, 0.05) is 12.8 Å². The van der Waals surface area contributed by atoms with Crippen LogP contribution in [0.5, 0.6) is 17.8 Å². The van der Waals surface area contributed by atoms with Crippen LogP contribution in [0.3, 0.4) is 0 Å². The Morgan fingerprint density at radius 2 is 1.67 bits per heavy atom. The smallest absolute Gasteiger partial charge is 0.330 e. The van der Waals surface area contributed by atoms with Crippen molar-refractivity contribution in [1.82, 2.24) is 15.0 Å². The molecule has 0 saturated heterocycles. The third-order valence-electron chi connectivity index (χ3n) is 3.34. The van der Waals surface area contributed by atoms with Gasteiger partial charge in [0.05, 0.1) is 18.2 Å². The van der Waals surface area contributed by atoms with Gasteiger partial charge in [0.25, 0.3) is 0 Å². The molecule has 0 saturated carbocycles. The van der Waals surface area contributed by atoms with E-state index in [2.05, 4.69) is 26.3 Å². The van der Waals surface area contributed by atoms with Gasteiger partial charge in [-0.2, -0.15) is 15.2 Å². The van der Waals surface area contributed by atoms with Crippen molar-refractivity contribution < 1.29 is 14.2 Å². The first-order chi connectivity index (χ1) is 13.3. The molecule has 3 rings (SSSR count). The molecule has 8 heteroatoms. The normalized spacial score (nSPS) is 10.1. The van der Waals surface area contributed by atoms with Crippen LogP contribution in [0.15, 0.2) is 54.6 Å². The second kappa shape index (κ2) is 9.12. The molecular formula is C19H17N5O3. The van der Waals surface area contributed by atoms with Crippen molar-refractivity contribution in [2.24, 2.45) is 0 Å². The van der Waals surface area contributed by atoms with Crippen LogP contribution in [0.4, 0.5) is 11.6 Å². The van der Waals surface area contributed by atoms with E-state index in [4.69, 9.17) is 19.5 Å². The summed E-state index contributed by atoms with van der Waals surface area (Å²) in [6.45, 7) is 0.695. The Labute approximate surface area is 156 Å². The molecule has 0 amide bonds. The number of ether oxygens (including phenoxy) is 3. The second-order valence-corrected chi connectivity index (χ2v) is 5.29. The number of nitrogens with one attached hydrogen (secondary N) is 1. The highest BCUT2D eigenvalue weighted by Gasteiger charge is 2.10. The zero-order valence-corrected chi connectivity index (χ0v) is 14.6. The van der Waals surface area contributed by atoms with E-state index in [1.165, 1.54) is 0 Å². The van der Waals surface area contributed by atoms with Gasteiger partial charge in [-0.25, -0.2) is 0 Å². The zero-order chi connectivity index (χ0) is 18.9. The van der Waals surface area contributed by atoms with Crippen LogP contribution in [-0.2, 0) is 4.74 Å². The average Bonchev–Trinajstić information content (AvgIpc) is 2.69. The van der Waals surface area contributed by atoms with Gasteiger partial charge in [-0.3, -0.25) is 0 Å². The van der Waals surface area contributed by atoms with Crippen molar-refractivity contribution in [2.75, 3.05) is 25.6 Å². The fourth-order valence-corrected chi connectivity index (χ4v) is 2.07. The number of benzene rings is 2. The van der Waals surface area contributed by atoms with Gasteiger partial charge in [0.2, 0.25) is 5.95 Å². The number of nitrogens with zero attached hydrogens (tertiary/aromatic N) is 4. The molecule has 3 aromatic rings. The maximum atomic E-state index is 8.89. The topological polar surface area (TPSA) is 102 Å². The first kappa shape index (κ1) is 18.1. The fourth-order valence-electron chi connectivity index (χ4n) is 2.07. The van der Waals surface area contributed by atoms with Gasteiger partial charge < -0.3 is 19.5 Å². The maximum Gasteiger partial charge on any atom is 0.330 e. The minimum Gasteiger partial charge on any atom is -0.461 e. The Morgan fingerprint density at radius 3 is 2.37 bits per heavy atom. The van der Waals surface area contributed by atoms with E-state index in [0.717, 1.165) is 0 Å². The van der Waals surface area contributed by atoms with Crippen molar-refractivity contribution in [3.63, 3.8) is 0 Å². The van der Waals surface area contributed by atoms with Crippen LogP contribution in [0.25, 0.3) is 0 Å². The molecule has 136 valence electrons. The summed E-state index contributed by atoms with van der Waals surface area (Å²) >= 11 is 0. The van der Waals surface area contributed by atoms with E-state index < -0.39 is 0 Å². The number of methoxy groups -OCH3 is 1. The first-order valence-corrected chi connectivity index (χ1v) is 8.15. The summed E-state index contributed by atoms with van der Waals surface area (Å²) in [6.07, 6.45) is 0. The van der Waals surface area contributed by atoms with E-state index in [9.17, 15) is 0 Å². The number of rotatable bonds is 8. The zero-order valence-electron chi connectivity index (χ0n) is 14.6. The van der Waals surface area contributed by atoms with E-state index >= 15 is 0 Å². The monoisotopic (exact) mass is 363 g/mol. The molecule has 0 aliphatic heterocycles. The van der Waals surface area contributed by atoms with Crippen molar-refractivity contribution in [1.29, 1.82) is 5.26 Å². The lowest BCUT2D eigenvalue weighted by molar-refractivity contribution is 0.140. The lowest BCUT2D eigenvalue weighted by Gasteiger charge is -2.10. The summed E-state index contributed by atoms with van der Waals surface area (Å²) in [5, 5.41) is 11.9. The molecule has 0 bridgehead atoms. The van der Waals surface area contributed by atoms with Crippen LogP contribution >= 0.6 is 0 Å². The van der Waals surface area contributed by atoms with Gasteiger partial charge in [-0.05, 0) is 36.4 Å². The molecule has 1 N–H and O–H groups in total. The molecule has 8 nitrogen and oxygen atoms in total. The summed E-state index contributed by atoms with van der Waals surface area (Å²) in [5.41, 5.74) is 1.28. The van der Waals surface area contributed by atoms with E-state index in [1.54, 1.807) is 43.5 Å². The largest absolute Gasteiger partial charge is 0.461 e. The van der Waals surface area contributed by atoms with E-state index in [1.807, 2.05) is 18.2 Å². The van der Waals surface area contributed by atoms with Crippen LogP contribution in [0, 0.1) is 11.3 Å². The summed E-state index contributed by atoms with van der Waals surface area (Å²) < 4.78 is 16.1. The lowest BCUT2D eigenvalue weighted by atomic mass is 10.2. The van der Waals surface area contributed by atoms with Crippen LogP contribution < -0.4 is 14.8 Å². The Morgan fingerprint density at radius 1 is 0.926 bits per heavy atom. The summed E-state index contributed by atoms with van der Waals surface area (Å²) in [7, 11) is 1.58. The van der Waals surface area contributed by atoms with E-state index in [0.29, 0.717) is 30.2 Å². The van der Waals surface area contributed by atoms with Crippen LogP contribution in [0.1, 0.15) is 5.56 Å². The third-order valence-corrected chi connectivity index (χ3v) is 3.34. The molecule has 0 aliphatic carbocycles. The SMILES string of the molecule is COCCOc1nc(Nc2ccc(C#N)cc2)nc(Oc2ccccc2)n1. The molecule has 27 heavy (non-hydrogen) atoms. The second-order valence-electron chi connectivity index (χ2n) is 5.29. The average molecular weight is 363 g/mol. The van der Waals surface area contributed by atoms with Gasteiger partial charge in [0.1, 0.15) is 12.4 Å². The molecule has 2 aromatic carbocycles. The van der Waals surface area contributed by atoms with Crippen molar-refractivity contribution in [2.45, 2.75) is 0 Å². The number of hydrogen-bond donors (Lipinski definition) is 1. The Kier molecular flexibility index (Phi) is 6.12. The third kappa shape index (κ3) is 5.39. The van der Waals surface area contributed by atoms with Gasteiger partial charge >= 0.3 is 12.0 Å². The summed E-state index contributed by atoms with van der Waals surface area (Å²) in [6, 6.07) is 18.4. The molecule has 0 radical (unpaired) electrons. The quantitative estimate of drug-likeness (QED) is 0.608. The van der Waals surface area contributed by atoms with Gasteiger partial charge in [-0.15, -0.1) is 4.98 Å². The molecule has 0 atom stereocenters. The lowest BCUT2D eigenvalue weighted by Crippen LogP contribution is -2.09. The predicted octanol–water partition coefficient (Wildman–Crippen LogP) is 3.30. The number of aromatic nitrogens is 3. The Hall–Kier alpha value is -3.70. The van der Waals surface area contributed by atoms with Crippen molar-refractivity contribution in [3.05, 3.63) is 60.2 Å². The fraction of sp³-hybridized carbons (Fsp3) is 0.158.